The summed E-state index contributed by atoms with van der Waals surface area (Å²) in [6.07, 6.45) is 0. The molecule has 2 amide bonds. The lowest BCUT2D eigenvalue weighted by Crippen LogP contribution is -2.72. The van der Waals surface area contributed by atoms with E-state index in [9.17, 15) is 9.59 Å². The molecule has 2 saturated heterocycles. The van der Waals surface area contributed by atoms with Gasteiger partial charge in [0.2, 0.25) is 5.91 Å². The number of amides is 2. The van der Waals surface area contributed by atoms with E-state index in [2.05, 4.69) is 0 Å². The third-order valence-corrected chi connectivity index (χ3v) is 6.42. The lowest BCUT2D eigenvalue weighted by atomic mass is 9.85. The van der Waals surface area contributed by atoms with Crippen molar-refractivity contribution in [3.05, 3.63) is 71.8 Å². The van der Waals surface area contributed by atoms with Gasteiger partial charge in [0.1, 0.15) is 0 Å². The highest BCUT2D eigenvalue weighted by Gasteiger charge is 2.67. The second-order valence-electron chi connectivity index (χ2n) is 6.45. The first-order chi connectivity index (χ1) is 12.1. The number of hydrogen-bond donors (Lipinski definition) is 0. The number of carbonyl (C=O) groups excluding carboxylic acids is 2. The molecule has 0 saturated carbocycles. The number of rotatable bonds is 3. The fourth-order valence-corrected chi connectivity index (χ4v) is 5.52. The van der Waals surface area contributed by atoms with E-state index in [-0.39, 0.29) is 17.9 Å². The standard InChI is InChI=1S/C20H20N2O2S/c1-15(23)22-12-13-25-20(22)18(17-10-6-3-7-11-17)21(19(20)24)14-16-8-4-2-5-9-16/h2-11,18H,12-14H2,1H3/t18-,20+/m1/s1. The number of thioether (sulfide) groups is 1. The molecule has 5 heteroatoms. The number of carbonyl (C=O) groups is 2. The van der Waals surface area contributed by atoms with Crippen LogP contribution >= 0.6 is 11.8 Å². The zero-order valence-corrected chi connectivity index (χ0v) is 14.9. The molecule has 0 unspecified atom stereocenters. The molecule has 2 fully saturated rings. The topological polar surface area (TPSA) is 40.6 Å². The van der Waals surface area contributed by atoms with Crippen LogP contribution in [0.5, 0.6) is 0 Å². The van der Waals surface area contributed by atoms with Crippen molar-refractivity contribution in [3.8, 4) is 0 Å². The van der Waals surface area contributed by atoms with Gasteiger partial charge in [-0.15, -0.1) is 11.8 Å². The van der Waals surface area contributed by atoms with E-state index in [1.54, 1.807) is 23.6 Å². The van der Waals surface area contributed by atoms with Gasteiger partial charge in [-0.2, -0.15) is 0 Å². The summed E-state index contributed by atoms with van der Waals surface area (Å²) in [6.45, 7) is 2.75. The Morgan fingerprint density at radius 1 is 1.12 bits per heavy atom. The Morgan fingerprint density at radius 3 is 2.40 bits per heavy atom. The molecule has 1 spiro atoms. The number of hydrogen-bond acceptors (Lipinski definition) is 3. The third kappa shape index (κ3) is 2.45. The summed E-state index contributed by atoms with van der Waals surface area (Å²) < 4.78 is 0. The highest BCUT2D eigenvalue weighted by atomic mass is 32.2. The molecule has 128 valence electrons. The lowest BCUT2D eigenvalue weighted by molar-refractivity contribution is -0.170. The molecule has 0 N–H and O–H groups in total. The van der Waals surface area contributed by atoms with E-state index < -0.39 is 4.87 Å². The molecule has 0 aromatic heterocycles. The number of benzene rings is 2. The van der Waals surface area contributed by atoms with Gasteiger partial charge in [-0.1, -0.05) is 60.7 Å². The number of nitrogens with zero attached hydrogens (tertiary/aromatic N) is 2. The first-order valence-electron chi connectivity index (χ1n) is 8.46. The minimum Gasteiger partial charge on any atom is -0.325 e. The fourth-order valence-electron chi connectivity index (χ4n) is 3.90. The van der Waals surface area contributed by atoms with Gasteiger partial charge in [-0.05, 0) is 11.1 Å². The van der Waals surface area contributed by atoms with Crippen LogP contribution in [-0.4, -0.2) is 38.8 Å². The van der Waals surface area contributed by atoms with Crippen molar-refractivity contribution in [2.24, 2.45) is 0 Å². The van der Waals surface area contributed by atoms with Crippen molar-refractivity contribution in [2.75, 3.05) is 12.3 Å². The van der Waals surface area contributed by atoms with Crippen LogP contribution in [0.4, 0.5) is 0 Å². The van der Waals surface area contributed by atoms with Gasteiger partial charge in [-0.3, -0.25) is 9.59 Å². The van der Waals surface area contributed by atoms with Crippen molar-refractivity contribution in [2.45, 2.75) is 24.4 Å². The maximum absolute atomic E-state index is 13.2. The Kier molecular flexibility index (Phi) is 4.04. The molecule has 0 bridgehead atoms. The average Bonchev–Trinajstić information content (AvgIpc) is 3.10. The largest absolute Gasteiger partial charge is 0.325 e. The molecule has 2 aromatic rings. The second-order valence-corrected chi connectivity index (χ2v) is 7.77. The molecule has 2 aliphatic heterocycles. The lowest BCUT2D eigenvalue weighted by Gasteiger charge is -2.57. The SMILES string of the molecule is CC(=O)N1CCS[C@@]12C(=O)N(Cc1ccccc1)[C@@H]2c1ccccc1. The zero-order valence-electron chi connectivity index (χ0n) is 14.1. The van der Waals surface area contributed by atoms with E-state index in [1.807, 2.05) is 65.6 Å². The van der Waals surface area contributed by atoms with E-state index in [1.165, 1.54) is 0 Å². The van der Waals surface area contributed by atoms with E-state index in [0.29, 0.717) is 13.1 Å². The molecule has 2 heterocycles. The van der Waals surface area contributed by atoms with Gasteiger partial charge in [0.05, 0.1) is 6.04 Å². The van der Waals surface area contributed by atoms with E-state index in [4.69, 9.17) is 0 Å². The van der Waals surface area contributed by atoms with Gasteiger partial charge in [0.15, 0.2) is 4.87 Å². The van der Waals surface area contributed by atoms with Crippen LogP contribution in [0.2, 0.25) is 0 Å². The predicted octanol–water partition coefficient (Wildman–Crippen LogP) is 3.06. The minimum atomic E-state index is -0.776. The van der Waals surface area contributed by atoms with Gasteiger partial charge in [0, 0.05) is 25.8 Å². The molecule has 2 aromatic carbocycles. The highest BCUT2D eigenvalue weighted by Crippen LogP contribution is 2.56. The molecule has 2 aliphatic rings. The predicted molar refractivity (Wildman–Crippen MR) is 98.8 cm³/mol. The molecule has 0 aliphatic carbocycles. The van der Waals surface area contributed by atoms with Crippen LogP contribution in [0.1, 0.15) is 24.1 Å². The molecule has 0 radical (unpaired) electrons. The van der Waals surface area contributed by atoms with Gasteiger partial charge < -0.3 is 9.80 Å². The maximum Gasteiger partial charge on any atom is 0.262 e. The van der Waals surface area contributed by atoms with E-state index in [0.717, 1.165) is 16.9 Å². The van der Waals surface area contributed by atoms with Crippen LogP contribution in [0.15, 0.2) is 60.7 Å². The quantitative estimate of drug-likeness (QED) is 0.797. The number of likely N-dealkylation sites (tertiary alicyclic amines) is 1. The summed E-state index contributed by atoms with van der Waals surface area (Å²) >= 11 is 1.61. The second kappa shape index (κ2) is 6.23. The molecular formula is C20H20N2O2S. The van der Waals surface area contributed by atoms with Crippen molar-refractivity contribution in [1.29, 1.82) is 0 Å². The van der Waals surface area contributed by atoms with Crippen LogP contribution in [0.3, 0.4) is 0 Å². The zero-order chi connectivity index (χ0) is 17.4. The third-order valence-electron chi connectivity index (χ3n) is 4.98. The van der Waals surface area contributed by atoms with E-state index >= 15 is 0 Å². The monoisotopic (exact) mass is 352 g/mol. The molecule has 2 atom stereocenters. The highest BCUT2D eigenvalue weighted by molar-refractivity contribution is 8.01. The summed E-state index contributed by atoms with van der Waals surface area (Å²) in [5.41, 5.74) is 2.18. The first-order valence-corrected chi connectivity index (χ1v) is 9.45. The van der Waals surface area contributed by atoms with Gasteiger partial charge in [-0.25, -0.2) is 0 Å². The Morgan fingerprint density at radius 2 is 1.76 bits per heavy atom. The van der Waals surface area contributed by atoms with Crippen LogP contribution in [0.25, 0.3) is 0 Å². The maximum atomic E-state index is 13.2. The Hall–Kier alpha value is -2.27. The molecule has 4 rings (SSSR count). The van der Waals surface area contributed by atoms with Crippen LogP contribution < -0.4 is 0 Å². The Bertz CT molecular complexity index is 796. The minimum absolute atomic E-state index is 0.0290. The first kappa shape index (κ1) is 16.2. The molecule has 25 heavy (non-hydrogen) atoms. The molecule has 4 nitrogen and oxygen atoms in total. The van der Waals surface area contributed by atoms with Crippen molar-refractivity contribution < 1.29 is 9.59 Å². The average molecular weight is 352 g/mol. The van der Waals surface area contributed by atoms with Crippen molar-refractivity contribution in [3.63, 3.8) is 0 Å². The number of β-lactam (4-membered cyclic amide) rings is 1. The Balaban J connectivity index is 1.73. The van der Waals surface area contributed by atoms with Crippen molar-refractivity contribution >= 4 is 23.6 Å². The summed E-state index contributed by atoms with van der Waals surface area (Å²) in [5.74, 6) is 0.815. The molecular weight excluding hydrogens is 332 g/mol. The fraction of sp³-hybridized carbons (Fsp3) is 0.300. The Labute approximate surface area is 151 Å². The summed E-state index contributed by atoms with van der Waals surface area (Å²) in [7, 11) is 0. The normalized spacial score (nSPS) is 25.3. The van der Waals surface area contributed by atoms with Gasteiger partial charge in [0.25, 0.3) is 5.91 Å². The van der Waals surface area contributed by atoms with Gasteiger partial charge >= 0.3 is 0 Å². The summed E-state index contributed by atoms with van der Waals surface area (Å²) in [4.78, 5) is 28.3. The summed E-state index contributed by atoms with van der Waals surface area (Å²) in [6, 6.07) is 20.0. The van der Waals surface area contributed by atoms with Crippen LogP contribution in [0, 0.1) is 0 Å². The smallest absolute Gasteiger partial charge is 0.262 e. The van der Waals surface area contributed by atoms with Crippen LogP contribution in [-0.2, 0) is 16.1 Å². The van der Waals surface area contributed by atoms with Crippen molar-refractivity contribution in [1.82, 2.24) is 9.80 Å². The summed E-state index contributed by atoms with van der Waals surface area (Å²) in [5, 5.41) is 0.